The van der Waals surface area contributed by atoms with Gasteiger partial charge in [0.1, 0.15) is 6.61 Å². The van der Waals surface area contributed by atoms with E-state index < -0.39 is 21.7 Å². The molecule has 9 heteroatoms. The lowest BCUT2D eigenvalue weighted by Crippen LogP contribution is -2.40. The number of primary amides is 1. The third-order valence-corrected chi connectivity index (χ3v) is 4.99. The summed E-state index contributed by atoms with van der Waals surface area (Å²) in [7, 11) is -3.26. The molecule has 0 aromatic heterocycles. The van der Waals surface area contributed by atoms with Crippen LogP contribution in [0.5, 0.6) is 0 Å². The Morgan fingerprint density at radius 1 is 1.24 bits per heavy atom. The molecular formula is C12H22N2O6S. The molecule has 1 aliphatic heterocycles. The van der Waals surface area contributed by atoms with Gasteiger partial charge in [-0.25, -0.2) is 13.2 Å². The number of carboxylic acids is 1. The van der Waals surface area contributed by atoms with Crippen molar-refractivity contribution in [2.24, 2.45) is 5.73 Å². The van der Waals surface area contributed by atoms with Crippen LogP contribution in [0.1, 0.15) is 19.3 Å². The Bertz CT molecular complexity index is 456. The van der Waals surface area contributed by atoms with Gasteiger partial charge in [-0.15, -0.1) is 0 Å². The highest BCUT2D eigenvalue weighted by Crippen LogP contribution is 2.13. The molecule has 1 amide bonds. The van der Waals surface area contributed by atoms with E-state index in [0.717, 1.165) is 0 Å². The SMILES string of the molecule is NC(=O)CCS(=O)(=O)CCN1CCC(OCC(=O)O)CC1. The lowest BCUT2D eigenvalue weighted by atomic mass is 10.1. The van der Waals surface area contributed by atoms with Crippen molar-refractivity contribution in [3.05, 3.63) is 0 Å². The molecule has 21 heavy (non-hydrogen) atoms. The van der Waals surface area contributed by atoms with Gasteiger partial charge in [0.15, 0.2) is 9.84 Å². The molecule has 0 aromatic carbocycles. The Hall–Kier alpha value is -1.19. The summed E-state index contributed by atoms with van der Waals surface area (Å²) in [6, 6.07) is 0. The maximum absolute atomic E-state index is 11.7. The van der Waals surface area contributed by atoms with Crippen LogP contribution in [0, 0.1) is 0 Å². The van der Waals surface area contributed by atoms with Gasteiger partial charge in [0.05, 0.1) is 17.6 Å². The Morgan fingerprint density at radius 3 is 2.38 bits per heavy atom. The van der Waals surface area contributed by atoms with Crippen LogP contribution >= 0.6 is 0 Å². The average molecular weight is 322 g/mol. The normalized spacial score (nSPS) is 17.7. The van der Waals surface area contributed by atoms with E-state index in [1.165, 1.54) is 0 Å². The minimum absolute atomic E-state index is 0.000922. The first-order valence-corrected chi connectivity index (χ1v) is 8.65. The number of hydrogen-bond acceptors (Lipinski definition) is 6. The van der Waals surface area contributed by atoms with Crippen LogP contribution in [0.15, 0.2) is 0 Å². The van der Waals surface area contributed by atoms with E-state index in [4.69, 9.17) is 15.6 Å². The van der Waals surface area contributed by atoms with E-state index in [1.807, 2.05) is 4.90 Å². The van der Waals surface area contributed by atoms with Crippen molar-refractivity contribution in [3.8, 4) is 0 Å². The summed E-state index contributed by atoms with van der Waals surface area (Å²) >= 11 is 0. The molecule has 122 valence electrons. The number of rotatable bonds is 9. The zero-order valence-electron chi connectivity index (χ0n) is 11.9. The fraction of sp³-hybridized carbons (Fsp3) is 0.833. The molecule has 0 atom stereocenters. The number of hydrogen-bond donors (Lipinski definition) is 2. The lowest BCUT2D eigenvalue weighted by Gasteiger charge is -2.31. The standard InChI is InChI=1S/C12H22N2O6S/c13-11(15)3-7-21(18,19)8-6-14-4-1-10(2-5-14)20-9-12(16)17/h10H,1-9H2,(H2,13,15)(H,16,17). The van der Waals surface area contributed by atoms with Gasteiger partial charge in [-0.05, 0) is 12.8 Å². The van der Waals surface area contributed by atoms with E-state index in [9.17, 15) is 18.0 Å². The topological polar surface area (TPSA) is 127 Å². The van der Waals surface area contributed by atoms with Gasteiger partial charge < -0.3 is 20.5 Å². The Balaban J connectivity index is 2.23. The number of nitrogens with two attached hydrogens (primary N) is 1. The van der Waals surface area contributed by atoms with Crippen molar-refractivity contribution in [2.45, 2.75) is 25.4 Å². The van der Waals surface area contributed by atoms with Crippen LogP contribution in [0.3, 0.4) is 0 Å². The predicted octanol–water partition coefficient (Wildman–Crippen LogP) is -1.16. The van der Waals surface area contributed by atoms with Gasteiger partial charge in [-0.2, -0.15) is 0 Å². The molecule has 0 spiro atoms. The van der Waals surface area contributed by atoms with Crippen LogP contribution in [0.4, 0.5) is 0 Å². The monoisotopic (exact) mass is 322 g/mol. The summed E-state index contributed by atoms with van der Waals surface area (Å²) in [6.45, 7) is 1.46. The van der Waals surface area contributed by atoms with Crippen LogP contribution in [-0.4, -0.2) is 74.2 Å². The quantitative estimate of drug-likeness (QED) is 0.548. The highest BCUT2D eigenvalue weighted by molar-refractivity contribution is 7.91. The summed E-state index contributed by atoms with van der Waals surface area (Å²) in [4.78, 5) is 23.0. The Kier molecular flexibility index (Phi) is 7.06. The number of carboxylic acid groups (broad SMARTS) is 1. The first-order chi connectivity index (χ1) is 9.78. The van der Waals surface area contributed by atoms with Crippen molar-refractivity contribution in [1.82, 2.24) is 4.90 Å². The van der Waals surface area contributed by atoms with Crippen LogP contribution in [0.2, 0.25) is 0 Å². The van der Waals surface area contributed by atoms with Crippen LogP contribution in [-0.2, 0) is 24.2 Å². The summed E-state index contributed by atoms with van der Waals surface area (Å²) in [5.74, 6) is -1.81. The number of nitrogens with zero attached hydrogens (tertiary/aromatic N) is 1. The lowest BCUT2D eigenvalue weighted by molar-refractivity contribution is -0.145. The second kappa shape index (κ2) is 8.30. The van der Waals surface area contributed by atoms with Crippen molar-refractivity contribution in [2.75, 3.05) is 37.7 Å². The second-order valence-electron chi connectivity index (χ2n) is 5.11. The Morgan fingerprint density at radius 2 is 1.86 bits per heavy atom. The second-order valence-corrected chi connectivity index (χ2v) is 7.42. The number of likely N-dealkylation sites (tertiary alicyclic amines) is 1. The van der Waals surface area contributed by atoms with E-state index in [0.29, 0.717) is 32.5 Å². The molecule has 0 saturated carbocycles. The Labute approximate surface area is 124 Å². The highest BCUT2D eigenvalue weighted by atomic mass is 32.2. The minimum atomic E-state index is -3.26. The van der Waals surface area contributed by atoms with Crippen molar-refractivity contribution < 1.29 is 27.9 Å². The summed E-state index contributed by atoms with van der Waals surface area (Å²) in [5, 5.41) is 8.52. The van der Waals surface area contributed by atoms with Gasteiger partial charge in [0.2, 0.25) is 5.91 Å². The summed E-state index contributed by atoms with van der Waals surface area (Å²) < 4.78 is 28.6. The minimum Gasteiger partial charge on any atom is -0.480 e. The third kappa shape index (κ3) is 7.98. The highest BCUT2D eigenvalue weighted by Gasteiger charge is 2.22. The molecule has 0 bridgehead atoms. The molecule has 1 aliphatic rings. The van der Waals surface area contributed by atoms with Gasteiger partial charge in [0.25, 0.3) is 0 Å². The molecule has 0 aromatic rings. The molecule has 1 heterocycles. The molecular weight excluding hydrogens is 300 g/mol. The zero-order chi connectivity index (χ0) is 15.9. The average Bonchev–Trinajstić information content (AvgIpc) is 2.42. The third-order valence-electron chi connectivity index (χ3n) is 3.36. The van der Waals surface area contributed by atoms with Gasteiger partial charge in [-0.3, -0.25) is 4.79 Å². The fourth-order valence-corrected chi connectivity index (χ4v) is 3.37. The number of aliphatic carboxylic acids is 1. The van der Waals surface area contributed by atoms with Gasteiger partial charge in [-0.1, -0.05) is 0 Å². The molecule has 0 aliphatic carbocycles. The number of carbonyl (C=O) groups is 2. The van der Waals surface area contributed by atoms with E-state index in [-0.39, 0.29) is 30.6 Å². The van der Waals surface area contributed by atoms with E-state index in [2.05, 4.69) is 0 Å². The molecule has 3 N–H and O–H groups in total. The van der Waals surface area contributed by atoms with Crippen molar-refractivity contribution >= 4 is 21.7 Å². The van der Waals surface area contributed by atoms with Crippen LogP contribution < -0.4 is 5.73 Å². The molecule has 8 nitrogen and oxygen atoms in total. The number of carbonyl (C=O) groups excluding carboxylic acids is 1. The molecule has 0 radical (unpaired) electrons. The maximum Gasteiger partial charge on any atom is 0.329 e. The first kappa shape index (κ1) is 17.9. The van der Waals surface area contributed by atoms with Gasteiger partial charge in [0, 0.05) is 26.1 Å². The molecule has 0 unspecified atom stereocenters. The smallest absolute Gasteiger partial charge is 0.329 e. The number of ether oxygens (including phenoxy) is 1. The van der Waals surface area contributed by atoms with Gasteiger partial charge >= 0.3 is 5.97 Å². The molecule has 1 rings (SSSR count). The van der Waals surface area contributed by atoms with Crippen LogP contribution in [0.25, 0.3) is 0 Å². The number of sulfone groups is 1. The fourth-order valence-electron chi connectivity index (χ4n) is 2.12. The maximum atomic E-state index is 11.7. The zero-order valence-corrected chi connectivity index (χ0v) is 12.7. The predicted molar refractivity (Wildman–Crippen MR) is 75.5 cm³/mol. The first-order valence-electron chi connectivity index (χ1n) is 6.83. The van der Waals surface area contributed by atoms with E-state index >= 15 is 0 Å². The van der Waals surface area contributed by atoms with Crippen molar-refractivity contribution in [3.63, 3.8) is 0 Å². The van der Waals surface area contributed by atoms with Crippen molar-refractivity contribution in [1.29, 1.82) is 0 Å². The summed E-state index contributed by atoms with van der Waals surface area (Å²) in [5.41, 5.74) is 4.93. The molecule has 1 saturated heterocycles. The largest absolute Gasteiger partial charge is 0.480 e. The number of piperidine rings is 1. The number of amides is 1. The summed E-state index contributed by atoms with van der Waals surface area (Å²) in [6.07, 6.45) is 1.15. The van der Waals surface area contributed by atoms with E-state index in [1.54, 1.807) is 0 Å². The molecule has 1 fully saturated rings.